The summed E-state index contributed by atoms with van der Waals surface area (Å²) in [5, 5.41) is 8.16. The highest BCUT2D eigenvalue weighted by molar-refractivity contribution is 7.99. The number of carbonyl (C=O) groups is 1. The van der Waals surface area contributed by atoms with Crippen LogP contribution in [0.25, 0.3) is 26.3 Å². The molecule has 1 aliphatic carbocycles. The first kappa shape index (κ1) is 18.6. The number of thiophene rings is 2. The van der Waals surface area contributed by atoms with Gasteiger partial charge in [0.2, 0.25) is 5.91 Å². The zero-order chi connectivity index (χ0) is 19.8. The zero-order valence-corrected chi connectivity index (χ0v) is 17.8. The molecule has 0 atom stereocenters. The highest BCUT2D eigenvalue weighted by atomic mass is 32.2. The van der Waals surface area contributed by atoms with Gasteiger partial charge in [-0.2, -0.15) is 0 Å². The van der Waals surface area contributed by atoms with Crippen molar-refractivity contribution < 1.29 is 4.79 Å². The third kappa shape index (κ3) is 3.75. The Morgan fingerprint density at radius 2 is 2.00 bits per heavy atom. The molecule has 8 heteroatoms. The van der Waals surface area contributed by atoms with E-state index in [1.54, 1.807) is 15.9 Å². The van der Waals surface area contributed by atoms with E-state index in [0.717, 1.165) is 29.0 Å². The Morgan fingerprint density at radius 3 is 2.72 bits per heavy atom. The quantitative estimate of drug-likeness (QED) is 0.354. The number of para-hydroxylation sites is 1. The average molecular weight is 440 g/mol. The van der Waals surface area contributed by atoms with Crippen molar-refractivity contribution in [2.75, 3.05) is 5.75 Å². The van der Waals surface area contributed by atoms with Crippen LogP contribution in [0.1, 0.15) is 12.8 Å². The van der Waals surface area contributed by atoms with Gasteiger partial charge >= 0.3 is 0 Å². The first-order valence-electron chi connectivity index (χ1n) is 9.26. The average Bonchev–Trinajstić information content (AvgIpc) is 3.20. The van der Waals surface area contributed by atoms with E-state index in [1.165, 1.54) is 23.1 Å². The Kier molecular flexibility index (Phi) is 4.99. The molecule has 0 saturated heterocycles. The predicted molar refractivity (Wildman–Crippen MR) is 120 cm³/mol. The minimum absolute atomic E-state index is 0.0167. The number of aromatic nitrogens is 2. The molecule has 3 aromatic heterocycles. The van der Waals surface area contributed by atoms with Crippen LogP contribution in [0.2, 0.25) is 0 Å². The number of rotatable bonds is 6. The normalized spacial score (nSPS) is 13.7. The monoisotopic (exact) mass is 439 g/mol. The summed E-state index contributed by atoms with van der Waals surface area (Å²) in [5.74, 6) is 0.224. The molecule has 1 aromatic carbocycles. The molecule has 1 aliphatic rings. The highest BCUT2D eigenvalue weighted by Gasteiger charge is 2.24. The summed E-state index contributed by atoms with van der Waals surface area (Å²) >= 11 is 4.38. The summed E-state index contributed by atoms with van der Waals surface area (Å²) in [5.41, 5.74) is 1.57. The lowest BCUT2D eigenvalue weighted by molar-refractivity contribution is -0.118. The smallest absolute Gasteiger partial charge is 0.268 e. The second-order valence-electron chi connectivity index (χ2n) is 6.81. The van der Waals surface area contributed by atoms with Crippen molar-refractivity contribution in [3.8, 4) is 16.1 Å². The molecule has 5 nitrogen and oxygen atoms in total. The van der Waals surface area contributed by atoms with Gasteiger partial charge in [0.05, 0.1) is 16.8 Å². The Bertz CT molecular complexity index is 1230. The third-order valence-corrected chi connectivity index (χ3v) is 7.37. The lowest BCUT2D eigenvalue weighted by Crippen LogP contribution is -2.28. The van der Waals surface area contributed by atoms with Gasteiger partial charge in [-0.05, 0) is 36.4 Å². The zero-order valence-electron chi connectivity index (χ0n) is 15.3. The van der Waals surface area contributed by atoms with Crippen LogP contribution in [0.4, 0.5) is 0 Å². The molecule has 29 heavy (non-hydrogen) atoms. The molecule has 0 aliphatic heterocycles. The molecule has 0 bridgehead atoms. The minimum atomic E-state index is -0.101. The second kappa shape index (κ2) is 7.78. The van der Waals surface area contributed by atoms with Gasteiger partial charge in [-0.15, -0.1) is 22.7 Å². The van der Waals surface area contributed by atoms with E-state index in [9.17, 15) is 9.59 Å². The van der Waals surface area contributed by atoms with E-state index < -0.39 is 0 Å². The number of thioether (sulfide) groups is 1. The van der Waals surface area contributed by atoms with E-state index in [-0.39, 0.29) is 17.2 Å². The van der Waals surface area contributed by atoms with Crippen molar-refractivity contribution >= 4 is 50.6 Å². The molecule has 0 unspecified atom stereocenters. The highest BCUT2D eigenvalue weighted by Crippen LogP contribution is 2.35. The number of fused-ring (bicyclic) bond motifs is 1. The van der Waals surface area contributed by atoms with Crippen LogP contribution < -0.4 is 10.9 Å². The lowest BCUT2D eigenvalue weighted by atomic mass is 10.2. The molecule has 4 aromatic rings. The number of benzene rings is 1. The number of hydrogen-bond donors (Lipinski definition) is 1. The Balaban J connectivity index is 1.61. The Hall–Kier alpha value is -2.42. The van der Waals surface area contributed by atoms with E-state index in [2.05, 4.69) is 5.32 Å². The standard InChI is InChI=1S/C21H17N3O2S3/c25-17(22-13-8-9-13)12-29-21-23-19-18(15(11-28-19)16-7-4-10-27-16)20(26)24(21)14-5-2-1-3-6-14/h1-7,10-11,13H,8-9,12H2,(H,22,25). The predicted octanol–water partition coefficient (Wildman–Crippen LogP) is 4.55. The van der Waals surface area contributed by atoms with Gasteiger partial charge in [0, 0.05) is 21.9 Å². The van der Waals surface area contributed by atoms with E-state index in [4.69, 9.17) is 4.98 Å². The van der Waals surface area contributed by atoms with Crippen molar-refractivity contribution in [1.82, 2.24) is 14.9 Å². The SMILES string of the molecule is O=C(CSc1nc2scc(-c3cccs3)c2c(=O)n1-c1ccccc1)NC1CC1. The lowest BCUT2D eigenvalue weighted by Gasteiger charge is -2.12. The van der Waals surface area contributed by atoms with E-state index >= 15 is 0 Å². The van der Waals surface area contributed by atoms with Crippen molar-refractivity contribution in [2.24, 2.45) is 0 Å². The van der Waals surface area contributed by atoms with Crippen molar-refractivity contribution in [3.63, 3.8) is 0 Å². The van der Waals surface area contributed by atoms with Crippen molar-refractivity contribution in [1.29, 1.82) is 0 Å². The first-order valence-corrected chi connectivity index (χ1v) is 12.0. The molecule has 1 N–H and O–H groups in total. The maximum Gasteiger partial charge on any atom is 0.268 e. The third-order valence-electron chi connectivity index (χ3n) is 4.65. The van der Waals surface area contributed by atoms with Crippen LogP contribution in [0.15, 0.2) is 63.2 Å². The van der Waals surface area contributed by atoms with Gasteiger partial charge in [0.1, 0.15) is 4.83 Å². The molecule has 0 radical (unpaired) electrons. The number of nitrogens with one attached hydrogen (secondary N) is 1. The van der Waals surface area contributed by atoms with Crippen LogP contribution >= 0.6 is 34.4 Å². The van der Waals surface area contributed by atoms with Crippen LogP contribution in [0.5, 0.6) is 0 Å². The molecule has 3 heterocycles. The second-order valence-corrected chi connectivity index (χ2v) is 9.56. The Morgan fingerprint density at radius 1 is 1.17 bits per heavy atom. The summed E-state index contributed by atoms with van der Waals surface area (Å²) in [6, 6.07) is 13.8. The van der Waals surface area contributed by atoms with Crippen molar-refractivity contribution in [3.05, 3.63) is 63.6 Å². The van der Waals surface area contributed by atoms with E-state index in [0.29, 0.717) is 21.4 Å². The molecule has 1 fully saturated rings. The van der Waals surface area contributed by atoms with Crippen LogP contribution in [-0.4, -0.2) is 27.3 Å². The number of nitrogens with zero attached hydrogens (tertiary/aromatic N) is 2. The number of carbonyl (C=O) groups excluding carboxylic acids is 1. The maximum absolute atomic E-state index is 13.6. The van der Waals surface area contributed by atoms with Gasteiger partial charge < -0.3 is 5.32 Å². The van der Waals surface area contributed by atoms with Gasteiger partial charge in [-0.1, -0.05) is 36.0 Å². The maximum atomic E-state index is 13.6. The molecule has 146 valence electrons. The van der Waals surface area contributed by atoms with Gasteiger partial charge in [0.15, 0.2) is 5.16 Å². The largest absolute Gasteiger partial charge is 0.353 e. The topological polar surface area (TPSA) is 64.0 Å². The van der Waals surface area contributed by atoms with Gasteiger partial charge in [-0.3, -0.25) is 14.2 Å². The summed E-state index contributed by atoms with van der Waals surface area (Å²) in [7, 11) is 0. The molecule has 0 spiro atoms. The van der Waals surface area contributed by atoms with Crippen LogP contribution in [0, 0.1) is 0 Å². The molecule has 5 rings (SSSR count). The summed E-state index contributed by atoms with van der Waals surface area (Å²) < 4.78 is 1.63. The first-order chi connectivity index (χ1) is 14.2. The van der Waals surface area contributed by atoms with Crippen LogP contribution in [0.3, 0.4) is 0 Å². The summed E-state index contributed by atoms with van der Waals surface area (Å²) in [6.45, 7) is 0. The van der Waals surface area contributed by atoms with Crippen molar-refractivity contribution in [2.45, 2.75) is 24.0 Å². The number of hydrogen-bond acceptors (Lipinski definition) is 6. The minimum Gasteiger partial charge on any atom is -0.353 e. The fourth-order valence-electron chi connectivity index (χ4n) is 3.11. The summed E-state index contributed by atoms with van der Waals surface area (Å²) in [4.78, 5) is 32.3. The fraction of sp³-hybridized carbons (Fsp3) is 0.190. The Labute approximate surface area is 179 Å². The molecule has 1 saturated carbocycles. The number of amides is 1. The van der Waals surface area contributed by atoms with Gasteiger partial charge in [0.25, 0.3) is 5.56 Å². The molecule has 1 amide bonds. The summed E-state index contributed by atoms with van der Waals surface area (Å²) in [6.07, 6.45) is 2.10. The molecular formula is C21H17N3O2S3. The fourth-order valence-corrected chi connectivity index (χ4v) is 5.74. The van der Waals surface area contributed by atoms with Crippen LogP contribution in [-0.2, 0) is 4.79 Å². The molecular weight excluding hydrogens is 422 g/mol. The van der Waals surface area contributed by atoms with Gasteiger partial charge in [-0.25, -0.2) is 4.98 Å². The van der Waals surface area contributed by atoms with E-state index in [1.807, 2.05) is 53.2 Å².